The SMILES string of the molecule is O=C(O)CCCCCCN1C(=O)CCC1/C=C/C(=O)Cc1ccc2c(c1)OCO2. The van der Waals surface area contributed by atoms with Gasteiger partial charge in [0.25, 0.3) is 0 Å². The summed E-state index contributed by atoms with van der Waals surface area (Å²) in [4.78, 5) is 36.8. The van der Waals surface area contributed by atoms with E-state index in [1.807, 2.05) is 29.2 Å². The number of likely N-dealkylation sites (tertiary alicyclic amines) is 1. The van der Waals surface area contributed by atoms with Crippen LogP contribution in [0.3, 0.4) is 0 Å². The van der Waals surface area contributed by atoms with E-state index in [0.29, 0.717) is 30.9 Å². The first-order valence-corrected chi connectivity index (χ1v) is 10.1. The van der Waals surface area contributed by atoms with Gasteiger partial charge in [0.2, 0.25) is 12.7 Å². The molecule has 156 valence electrons. The van der Waals surface area contributed by atoms with E-state index < -0.39 is 5.97 Å². The van der Waals surface area contributed by atoms with Crippen molar-refractivity contribution in [2.75, 3.05) is 13.3 Å². The summed E-state index contributed by atoms with van der Waals surface area (Å²) in [5.74, 6) is 0.690. The van der Waals surface area contributed by atoms with Gasteiger partial charge in [0.05, 0.1) is 6.04 Å². The molecule has 0 aliphatic carbocycles. The highest BCUT2D eigenvalue weighted by Gasteiger charge is 2.28. The third-order valence-corrected chi connectivity index (χ3v) is 5.23. The Balaban J connectivity index is 1.44. The molecule has 1 unspecified atom stereocenters. The van der Waals surface area contributed by atoms with E-state index in [4.69, 9.17) is 14.6 Å². The van der Waals surface area contributed by atoms with Gasteiger partial charge in [-0.3, -0.25) is 14.4 Å². The Morgan fingerprint density at radius 1 is 1.14 bits per heavy atom. The van der Waals surface area contributed by atoms with E-state index in [1.165, 1.54) is 0 Å². The van der Waals surface area contributed by atoms with Crippen molar-refractivity contribution in [2.24, 2.45) is 0 Å². The molecule has 7 heteroatoms. The summed E-state index contributed by atoms with van der Waals surface area (Å²) in [5.41, 5.74) is 0.865. The Bertz CT molecular complexity index is 788. The van der Waals surface area contributed by atoms with Crippen molar-refractivity contribution in [3.05, 3.63) is 35.9 Å². The minimum Gasteiger partial charge on any atom is -0.481 e. The van der Waals surface area contributed by atoms with Gasteiger partial charge >= 0.3 is 5.97 Å². The van der Waals surface area contributed by atoms with Crippen LogP contribution in [0.15, 0.2) is 30.4 Å². The normalized spacial score (nSPS) is 18.0. The van der Waals surface area contributed by atoms with Crippen LogP contribution in [0.4, 0.5) is 0 Å². The first kappa shape index (κ1) is 20.9. The van der Waals surface area contributed by atoms with Crippen LogP contribution in [-0.2, 0) is 20.8 Å². The van der Waals surface area contributed by atoms with Crippen molar-refractivity contribution in [2.45, 2.75) is 57.4 Å². The monoisotopic (exact) mass is 401 g/mol. The largest absolute Gasteiger partial charge is 0.481 e. The average Bonchev–Trinajstić information content (AvgIpc) is 3.29. The van der Waals surface area contributed by atoms with Gasteiger partial charge in [0, 0.05) is 25.8 Å². The molecule has 1 saturated heterocycles. The molecule has 0 radical (unpaired) electrons. The number of benzene rings is 1. The highest BCUT2D eigenvalue weighted by molar-refractivity contribution is 5.91. The third-order valence-electron chi connectivity index (χ3n) is 5.23. The smallest absolute Gasteiger partial charge is 0.303 e. The summed E-state index contributed by atoms with van der Waals surface area (Å²) in [5, 5.41) is 8.65. The number of unbranched alkanes of at least 4 members (excludes halogenated alkanes) is 3. The molecule has 2 aliphatic rings. The maximum Gasteiger partial charge on any atom is 0.303 e. The van der Waals surface area contributed by atoms with Gasteiger partial charge in [-0.2, -0.15) is 0 Å². The van der Waals surface area contributed by atoms with Crippen molar-refractivity contribution >= 4 is 17.7 Å². The first-order valence-electron chi connectivity index (χ1n) is 10.1. The maximum absolute atomic E-state index is 12.3. The Morgan fingerprint density at radius 2 is 1.93 bits per heavy atom. The zero-order chi connectivity index (χ0) is 20.6. The van der Waals surface area contributed by atoms with Crippen molar-refractivity contribution in [3.8, 4) is 11.5 Å². The van der Waals surface area contributed by atoms with Crippen LogP contribution < -0.4 is 9.47 Å². The average molecular weight is 401 g/mol. The number of rotatable bonds is 11. The topological polar surface area (TPSA) is 93.1 Å². The molecule has 1 amide bonds. The fourth-order valence-electron chi connectivity index (χ4n) is 3.69. The van der Waals surface area contributed by atoms with E-state index >= 15 is 0 Å². The second kappa shape index (κ2) is 10.1. The van der Waals surface area contributed by atoms with Crippen LogP contribution >= 0.6 is 0 Å². The van der Waals surface area contributed by atoms with Crippen LogP contribution in [0.2, 0.25) is 0 Å². The van der Waals surface area contributed by atoms with Crippen LogP contribution in [-0.4, -0.2) is 47.0 Å². The highest BCUT2D eigenvalue weighted by Crippen LogP contribution is 2.32. The van der Waals surface area contributed by atoms with Gasteiger partial charge in [-0.05, 0) is 43.0 Å². The second-order valence-corrected chi connectivity index (χ2v) is 7.44. The molecule has 1 aromatic carbocycles. The molecule has 1 fully saturated rings. The number of aliphatic carboxylic acids is 1. The predicted octanol–water partition coefficient (Wildman–Crippen LogP) is 3.11. The van der Waals surface area contributed by atoms with Crippen molar-refractivity contribution in [3.63, 3.8) is 0 Å². The molecule has 2 heterocycles. The number of hydrogen-bond acceptors (Lipinski definition) is 5. The van der Waals surface area contributed by atoms with Crippen LogP contribution in [0.25, 0.3) is 0 Å². The zero-order valence-corrected chi connectivity index (χ0v) is 16.5. The molecule has 1 N–H and O–H groups in total. The molecule has 0 aromatic heterocycles. The van der Waals surface area contributed by atoms with E-state index in [-0.39, 0.29) is 37.4 Å². The maximum atomic E-state index is 12.3. The van der Waals surface area contributed by atoms with Crippen molar-refractivity contribution in [1.82, 2.24) is 4.90 Å². The van der Waals surface area contributed by atoms with Gasteiger partial charge < -0.3 is 19.5 Å². The quantitative estimate of drug-likeness (QED) is 0.452. The summed E-state index contributed by atoms with van der Waals surface area (Å²) in [6.45, 7) is 0.856. The number of carbonyl (C=O) groups is 3. The second-order valence-electron chi connectivity index (χ2n) is 7.44. The minimum atomic E-state index is -0.768. The Labute approximate surface area is 170 Å². The number of amides is 1. The number of ketones is 1. The molecular weight excluding hydrogens is 374 g/mol. The number of hydrogen-bond donors (Lipinski definition) is 1. The number of carboxylic acids is 1. The fraction of sp³-hybridized carbons (Fsp3) is 0.500. The van der Waals surface area contributed by atoms with E-state index in [1.54, 1.807) is 6.08 Å². The fourth-order valence-corrected chi connectivity index (χ4v) is 3.69. The number of ether oxygens (including phenoxy) is 2. The lowest BCUT2D eigenvalue weighted by atomic mass is 10.1. The number of allylic oxidation sites excluding steroid dienone is 1. The third kappa shape index (κ3) is 6.07. The molecular formula is C22H27NO6. The van der Waals surface area contributed by atoms with Gasteiger partial charge in [-0.1, -0.05) is 25.0 Å². The standard InChI is InChI=1S/C22H27NO6/c24-18(13-16-6-10-19-20(14-16)29-15-28-19)9-7-17-8-11-21(25)23(17)12-4-2-1-3-5-22(26)27/h6-7,9-10,14,17H,1-5,8,11-13,15H2,(H,26,27)/b9-7+. The van der Waals surface area contributed by atoms with Crippen LogP contribution in [0, 0.1) is 0 Å². The lowest BCUT2D eigenvalue weighted by Gasteiger charge is -2.22. The number of carboxylic acid groups (broad SMARTS) is 1. The molecule has 1 aromatic rings. The summed E-state index contributed by atoms with van der Waals surface area (Å²) in [6.07, 6.45) is 8.38. The number of fused-ring (bicyclic) bond motifs is 1. The van der Waals surface area contributed by atoms with Crippen molar-refractivity contribution in [1.29, 1.82) is 0 Å². The molecule has 3 rings (SSSR count). The Morgan fingerprint density at radius 3 is 2.76 bits per heavy atom. The Hall–Kier alpha value is -2.83. The summed E-state index contributed by atoms with van der Waals surface area (Å²) < 4.78 is 10.6. The number of nitrogens with zero attached hydrogens (tertiary/aromatic N) is 1. The Kier molecular flexibility index (Phi) is 7.27. The highest BCUT2D eigenvalue weighted by atomic mass is 16.7. The minimum absolute atomic E-state index is 0.0168. The lowest BCUT2D eigenvalue weighted by Crippen LogP contribution is -2.32. The molecule has 0 bridgehead atoms. The van der Waals surface area contributed by atoms with Gasteiger partial charge in [-0.15, -0.1) is 0 Å². The van der Waals surface area contributed by atoms with E-state index in [2.05, 4.69) is 0 Å². The van der Waals surface area contributed by atoms with E-state index in [9.17, 15) is 14.4 Å². The first-order chi connectivity index (χ1) is 14.0. The summed E-state index contributed by atoms with van der Waals surface area (Å²) in [7, 11) is 0. The van der Waals surface area contributed by atoms with E-state index in [0.717, 1.165) is 31.2 Å². The number of carbonyl (C=O) groups excluding carboxylic acids is 2. The van der Waals surface area contributed by atoms with Gasteiger partial charge in [-0.25, -0.2) is 0 Å². The molecule has 29 heavy (non-hydrogen) atoms. The van der Waals surface area contributed by atoms with Crippen LogP contribution in [0.5, 0.6) is 11.5 Å². The molecule has 7 nitrogen and oxygen atoms in total. The van der Waals surface area contributed by atoms with Gasteiger partial charge in [0.15, 0.2) is 17.3 Å². The van der Waals surface area contributed by atoms with Gasteiger partial charge in [0.1, 0.15) is 0 Å². The molecule has 0 saturated carbocycles. The predicted molar refractivity (Wildman–Crippen MR) is 106 cm³/mol. The summed E-state index contributed by atoms with van der Waals surface area (Å²) in [6, 6.07) is 5.45. The molecule has 0 spiro atoms. The molecule has 2 aliphatic heterocycles. The zero-order valence-electron chi connectivity index (χ0n) is 16.5. The lowest BCUT2D eigenvalue weighted by molar-refractivity contribution is -0.137. The summed E-state index contributed by atoms with van der Waals surface area (Å²) >= 11 is 0. The van der Waals surface area contributed by atoms with Crippen LogP contribution in [0.1, 0.15) is 50.5 Å². The van der Waals surface area contributed by atoms with Crippen molar-refractivity contribution < 1.29 is 29.0 Å². The molecule has 1 atom stereocenters.